The molecule has 0 atom stereocenters. The summed E-state index contributed by atoms with van der Waals surface area (Å²) in [7, 11) is 1.64. The summed E-state index contributed by atoms with van der Waals surface area (Å²) in [5.41, 5.74) is 1.08. The lowest BCUT2D eigenvalue weighted by atomic mass is 10.1. The van der Waals surface area contributed by atoms with Crippen LogP contribution in [-0.2, 0) is 4.79 Å². The molecule has 0 aliphatic rings. The number of hydrogen-bond donors (Lipinski definition) is 0. The van der Waals surface area contributed by atoms with Gasteiger partial charge in [-0.15, -0.1) is 0 Å². The molecule has 0 bridgehead atoms. The second kappa shape index (κ2) is 9.85. The number of carbonyl (C=O) groups is 1. The monoisotopic (exact) mass is 314 g/mol. The molecule has 0 unspecified atom stereocenters. The maximum absolute atomic E-state index is 11.8. The SMILES string of the molecule is C=C/C(=C\C=C/C)C/C=C(/Sc1ccc(OC)cc1)C(C)=O. The molecule has 2 nitrogen and oxygen atoms in total. The third-order valence-electron chi connectivity index (χ3n) is 2.92. The average Bonchev–Trinajstić information content (AvgIpc) is 2.54. The van der Waals surface area contributed by atoms with Crippen LogP contribution in [-0.4, -0.2) is 12.9 Å². The Hall–Kier alpha value is -2.00. The first-order valence-electron chi connectivity index (χ1n) is 7.08. The highest BCUT2D eigenvalue weighted by Crippen LogP contribution is 2.29. The van der Waals surface area contributed by atoms with Crippen LogP contribution in [0, 0.1) is 0 Å². The second-order valence-electron chi connectivity index (χ2n) is 4.58. The van der Waals surface area contributed by atoms with Gasteiger partial charge in [-0.3, -0.25) is 4.79 Å². The summed E-state index contributed by atoms with van der Waals surface area (Å²) in [5, 5.41) is 0. The van der Waals surface area contributed by atoms with Gasteiger partial charge < -0.3 is 4.74 Å². The molecule has 1 aromatic carbocycles. The summed E-state index contributed by atoms with van der Waals surface area (Å²) in [6.07, 6.45) is 10.4. The largest absolute Gasteiger partial charge is 0.497 e. The molecule has 0 fully saturated rings. The number of Topliss-reactive ketones (excluding diaryl/α,β-unsaturated/α-hetero) is 1. The molecule has 0 N–H and O–H groups in total. The molecule has 0 amide bonds. The molecule has 0 aromatic heterocycles. The zero-order valence-corrected chi connectivity index (χ0v) is 14.2. The minimum absolute atomic E-state index is 0.0651. The number of allylic oxidation sites excluding steroid dienone is 7. The number of rotatable bonds is 8. The average molecular weight is 314 g/mol. The number of hydrogen-bond acceptors (Lipinski definition) is 3. The van der Waals surface area contributed by atoms with E-state index in [0.29, 0.717) is 6.42 Å². The van der Waals surface area contributed by atoms with E-state index in [1.54, 1.807) is 14.0 Å². The van der Waals surface area contributed by atoms with Crippen molar-refractivity contribution in [2.45, 2.75) is 25.2 Å². The van der Waals surface area contributed by atoms with Crippen LogP contribution in [0.4, 0.5) is 0 Å². The van der Waals surface area contributed by atoms with E-state index in [2.05, 4.69) is 6.58 Å². The quantitative estimate of drug-likeness (QED) is 0.368. The summed E-state index contributed by atoms with van der Waals surface area (Å²) in [5.74, 6) is 0.871. The maximum Gasteiger partial charge on any atom is 0.166 e. The van der Waals surface area contributed by atoms with Gasteiger partial charge in [0, 0.05) is 4.90 Å². The molecule has 22 heavy (non-hydrogen) atoms. The Bertz CT molecular complexity index is 592. The molecule has 0 saturated heterocycles. The molecule has 3 heteroatoms. The molecular formula is C19H22O2S. The molecule has 0 radical (unpaired) electrons. The molecule has 1 aromatic rings. The lowest BCUT2D eigenvalue weighted by Gasteiger charge is -2.06. The smallest absolute Gasteiger partial charge is 0.166 e. The van der Waals surface area contributed by atoms with Crippen LogP contribution in [0.15, 0.2) is 76.6 Å². The van der Waals surface area contributed by atoms with E-state index < -0.39 is 0 Å². The Balaban J connectivity index is 2.85. The Morgan fingerprint density at radius 3 is 2.50 bits per heavy atom. The summed E-state index contributed by atoms with van der Waals surface area (Å²) in [6, 6.07) is 7.68. The normalized spacial score (nSPS) is 12.5. The number of carbonyl (C=O) groups excluding carboxylic acids is 1. The van der Waals surface area contributed by atoms with Crippen molar-refractivity contribution in [3.05, 3.63) is 71.7 Å². The number of methoxy groups -OCH3 is 1. The third-order valence-corrected chi connectivity index (χ3v) is 4.10. The van der Waals surface area contributed by atoms with Crippen molar-refractivity contribution in [3.8, 4) is 5.75 Å². The molecule has 1 rings (SSSR count). The molecule has 0 saturated carbocycles. The van der Waals surface area contributed by atoms with Crippen LogP contribution in [0.5, 0.6) is 5.75 Å². The summed E-state index contributed by atoms with van der Waals surface area (Å²) < 4.78 is 5.14. The van der Waals surface area contributed by atoms with Crippen molar-refractivity contribution in [3.63, 3.8) is 0 Å². The standard InChI is InChI=1S/C19H22O2S/c1-5-7-8-16(6-2)9-14-19(15(3)20)22-18-12-10-17(21-4)11-13-18/h5-8,10-14H,2,9H2,1,3-4H3/b7-5-,16-8+,19-14+. The first-order chi connectivity index (χ1) is 10.6. The Morgan fingerprint density at radius 1 is 1.32 bits per heavy atom. The Morgan fingerprint density at radius 2 is 2.00 bits per heavy atom. The second-order valence-corrected chi connectivity index (χ2v) is 5.69. The summed E-state index contributed by atoms with van der Waals surface area (Å²) >= 11 is 1.47. The zero-order valence-electron chi connectivity index (χ0n) is 13.3. The first kappa shape index (κ1) is 18.1. The fourth-order valence-corrected chi connectivity index (χ4v) is 2.51. The molecule has 0 spiro atoms. The molecule has 0 aliphatic carbocycles. The highest BCUT2D eigenvalue weighted by Gasteiger charge is 2.06. The molecule has 116 valence electrons. The topological polar surface area (TPSA) is 26.3 Å². The van der Waals surface area contributed by atoms with Gasteiger partial charge in [-0.2, -0.15) is 0 Å². The van der Waals surface area contributed by atoms with Gasteiger partial charge in [0.15, 0.2) is 5.78 Å². The van der Waals surface area contributed by atoms with Gasteiger partial charge >= 0.3 is 0 Å². The number of ether oxygens (including phenoxy) is 1. The van der Waals surface area contributed by atoms with Crippen molar-refractivity contribution in [2.75, 3.05) is 7.11 Å². The molecular weight excluding hydrogens is 292 g/mol. The van der Waals surface area contributed by atoms with Crippen LogP contribution < -0.4 is 4.74 Å². The fourth-order valence-electron chi connectivity index (χ4n) is 1.68. The third kappa shape index (κ3) is 6.19. The molecule has 0 heterocycles. The number of thioether (sulfide) groups is 1. The number of ketones is 1. The van der Waals surface area contributed by atoms with Crippen molar-refractivity contribution < 1.29 is 9.53 Å². The number of benzene rings is 1. The van der Waals surface area contributed by atoms with Crippen LogP contribution in [0.3, 0.4) is 0 Å². The molecule has 0 aliphatic heterocycles. The van der Waals surface area contributed by atoms with E-state index in [0.717, 1.165) is 21.1 Å². The van der Waals surface area contributed by atoms with Crippen molar-refractivity contribution in [2.24, 2.45) is 0 Å². The fraction of sp³-hybridized carbons (Fsp3) is 0.211. The van der Waals surface area contributed by atoms with Crippen molar-refractivity contribution in [1.29, 1.82) is 0 Å². The van der Waals surface area contributed by atoms with E-state index in [1.807, 2.05) is 61.6 Å². The van der Waals surface area contributed by atoms with Crippen LogP contribution in [0.1, 0.15) is 20.3 Å². The van der Waals surface area contributed by atoms with E-state index in [4.69, 9.17) is 4.74 Å². The maximum atomic E-state index is 11.8. The van der Waals surface area contributed by atoms with Crippen LogP contribution in [0.25, 0.3) is 0 Å². The highest BCUT2D eigenvalue weighted by molar-refractivity contribution is 8.04. The van der Waals surface area contributed by atoms with E-state index in [1.165, 1.54) is 11.8 Å². The predicted molar refractivity (Wildman–Crippen MR) is 95.3 cm³/mol. The van der Waals surface area contributed by atoms with Crippen molar-refractivity contribution >= 4 is 17.5 Å². The van der Waals surface area contributed by atoms with Gasteiger partial charge in [0.25, 0.3) is 0 Å². The predicted octanol–water partition coefficient (Wildman–Crippen LogP) is 5.34. The minimum Gasteiger partial charge on any atom is -0.497 e. The summed E-state index contributed by atoms with van der Waals surface area (Å²) in [6.45, 7) is 7.36. The van der Waals surface area contributed by atoms with Gasteiger partial charge in [0.05, 0.1) is 12.0 Å². The van der Waals surface area contributed by atoms with Gasteiger partial charge in [-0.25, -0.2) is 0 Å². The Labute approximate surface area is 137 Å². The van der Waals surface area contributed by atoms with Crippen LogP contribution >= 0.6 is 11.8 Å². The van der Waals surface area contributed by atoms with E-state index in [9.17, 15) is 4.79 Å². The minimum atomic E-state index is 0.0651. The van der Waals surface area contributed by atoms with Gasteiger partial charge in [-0.1, -0.05) is 48.7 Å². The summed E-state index contributed by atoms with van der Waals surface area (Å²) in [4.78, 5) is 13.6. The lowest BCUT2D eigenvalue weighted by molar-refractivity contribution is -0.112. The first-order valence-corrected chi connectivity index (χ1v) is 7.89. The lowest BCUT2D eigenvalue weighted by Crippen LogP contribution is -1.93. The van der Waals surface area contributed by atoms with E-state index in [-0.39, 0.29) is 5.78 Å². The zero-order chi connectivity index (χ0) is 16.4. The highest BCUT2D eigenvalue weighted by atomic mass is 32.2. The van der Waals surface area contributed by atoms with Gasteiger partial charge in [-0.05, 0) is 50.1 Å². The van der Waals surface area contributed by atoms with Gasteiger partial charge in [0.2, 0.25) is 0 Å². The van der Waals surface area contributed by atoms with Crippen LogP contribution in [0.2, 0.25) is 0 Å². The van der Waals surface area contributed by atoms with Crippen molar-refractivity contribution in [1.82, 2.24) is 0 Å². The van der Waals surface area contributed by atoms with E-state index >= 15 is 0 Å². The van der Waals surface area contributed by atoms with Gasteiger partial charge in [0.1, 0.15) is 5.75 Å². The Kier molecular flexibility index (Phi) is 8.08.